The molecule has 0 bridgehead atoms. The molecule has 4 aromatic rings. The van der Waals surface area contributed by atoms with Crippen LogP contribution in [0.5, 0.6) is 0 Å². The van der Waals surface area contributed by atoms with Gasteiger partial charge in [0.1, 0.15) is 0 Å². The van der Waals surface area contributed by atoms with Crippen LogP contribution in [0.4, 0.5) is 5.69 Å². The van der Waals surface area contributed by atoms with E-state index in [1.807, 2.05) is 91.0 Å². The van der Waals surface area contributed by atoms with Gasteiger partial charge in [-0.2, -0.15) is 0 Å². The van der Waals surface area contributed by atoms with Gasteiger partial charge >= 0.3 is 0 Å². The number of rotatable bonds is 7. The van der Waals surface area contributed by atoms with Crippen LogP contribution in [-0.2, 0) is 11.3 Å². The second-order valence-corrected chi connectivity index (χ2v) is 7.97. The van der Waals surface area contributed by atoms with Crippen molar-refractivity contribution in [3.05, 3.63) is 138 Å². The Morgan fingerprint density at radius 3 is 1.85 bits per heavy atom. The number of benzene rings is 4. The monoisotopic (exact) mass is 434 g/mol. The summed E-state index contributed by atoms with van der Waals surface area (Å²) in [5.74, 6) is -0.695. The van der Waals surface area contributed by atoms with E-state index >= 15 is 0 Å². The molecule has 0 fully saturated rings. The summed E-state index contributed by atoms with van der Waals surface area (Å²) in [4.78, 5) is 28.0. The van der Waals surface area contributed by atoms with Crippen LogP contribution in [0.15, 0.2) is 115 Å². The summed E-state index contributed by atoms with van der Waals surface area (Å²) in [6.45, 7) is 0.514. The summed E-state index contributed by atoms with van der Waals surface area (Å²) in [5.41, 5.74) is 4.01. The lowest BCUT2D eigenvalue weighted by Gasteiger charge is -2.19. The van der Waals surface area contributed by atoms with Gasteiger partial charge in [-0.15, -0.1) is 0 Å². The van der Waals surface area contributed by atoms with Crippen LogP contribution in [0, 0.1) is 0 Å². The third kappa shape index (κ3) is 5.55. The van der Waals surface area contributed by atoms with Crippen LogP contribution in [0.3, 0.4) is 0 Å². The van der Waals surface area contributed by atoms with Crippen molar-refractivity contribution in [2.24, 2.45) is 0 Å². The lowest BCUT2D eigenvalue weighted by atomic mass is 9.90. The molecule has 0 radical (unpaired) electrons. The molecule has 0 aromatic heterocycles. The molecule has 0 spiro atoms. The van der Waals surface area contributed by atoms with Crippen LogP contribution >= 0.6 is 0 Å². The quantitative estimate of drug-likeness (QED) is 0.404. The molecule has 0 heterocycles. The maximum atomic E-state index is 13.4. The van der Waals surface area contributed by atoms with Crippen molar-refractivity contribution >= 4 is 17.5 Å². The number of nitrogens with zero attached hydrogens (tertiary/aromatic N) is 1. The van der Waals surface area contributed by atoms with E-state index in [0.717, 1.165) is 16.7 Å². The van der Waals surface area contributed by atoms with Gasteiger partial charge < -0.3 is 10.2 Å². The Kier molecular flexibility index (Phi) is 6.96. The first kappa shape index (κ1) is 22.0. The van der Waals surface area contributed by atoms with Crippen LogP contribution in [0.2, 0.25) is 0 Å². The Morgan fingerprint density at radius 2 is 1.27 bits per heavy atom. The number of carbonyl (C=O) groups is 2. The zero-order valence-corrected chi connectivity index (χ0v) is 18.5. The molecule has 4 aromatic carbocycles. The maximum Gasteiger partial charge on any atom is 0.253 e. The minimum absolute atomic E-state index is 0.0994. The number of hydrogen-bond donors (Lipinski definition) is 1. The smallest absolute Gasteiger partial charge is 0.253 e. The second kappa shape index (κ2) is 10.4. The number of anilines is 1. The molecular weight excluding hydrogens is 408 g/mol. The fourth-order valence-corrected chi connectivity index (χ4v) is 3.88. The Balaban J connectivity index is 1.53. The minimum Gasteiger partial charge on any atom is -0.337 e. The topological polar surface area (TPSA) is 49.4 Å². The fourth-order valence-electron chi connectivity index (χ4n) is 3.88. The van der Waals surface area contributed by atoms with Crippen molar-refractivity contribution in [3.8, 4) is 0 Å². The highest BCUT2D eigenvalue weighted by molar-refractivity contribution is 6.00. The maximum absolute atomic E-state index is 13.4. The lowest BCUT2D eigenvalue weighted by molar-refractivity contribution is -0.116. The molecule has 4 nitrogen and oxygen atoms in total. The molecule has 0 aliphatic carbocycles. The predicted molar refractivity (Wildman–Crippen MR) is 132 cm³/mol. The number of hydrogen-bond acceptors (Lipinski definition) is 2. The van der Waals surface area contributed by atoms with Crippen molar-refractivity contribution in [3.63, 3.8) is 0 Å². The van der Waals surface area contributed by atoms with Crippen LogP contribution in [-0.4, -0.2) is 23.8 Å². The zero-order chi connectivity index (χ0) is 23.0. The standard InChI is InChI=1S/C29H26N2O2/c1-31(21-22-12-5-2-6-13-22)29(33)25-18-11-19-26(20-25)30-28(32)27(23-14-7-3-8-15-23)24-16-9-4-10-17-24/h2-20,27H,21H2,1H3,(H,30,32). The summed E-state index contributed by atoms with van der Waals surface area (Å²) in [6, 6.07) is 36.4. The van der Waals surface area contributed by atoms with Gasteiger partial charge in [0, 0.05) is 24.8 Å². The van der Waals surface area contributed by atoms with Crippen LogP contribution < -0.4 is 5.32 Å². The van der Waals surface area contributed by atoms with Crippen LogP contribution in [0.1, 0.15) is 33.0 Å². The van der Waals surface area contributed by atoms with E-state index in [-0.39, 0.29) is 11.8 Å². The number of carbonyl (C=O) groups excluding carboxylic acids is 2. The average Bonchev–Trinajstić information content (AvgIpc) is 2.86. The van der Waals surface area contributed by atoms with Crippen molar-refractivity contribution < 1.29 is 9.59 Å². The van der Waals surface area contributed by atoms with E-state index in [9.17, 15) is 9.59 Å². The molecule has 2 amide bonds. The third-order valence-electron chi connectivity index (χ3n) is 5.51. The van der Waals surface area contributed by atoms with E-state index in [1.165, 1.54) is 0 Å². The Hall–Kier alpha value is -4.18. The Labute approximate surface area is 194 Å². The summed E-state index contributed by atoms with van der Waals surface area (Å²) in [5, 5.41) is 3.01. The summed E-state index contributed by atoms with van der Waals surface area (Å²) < 4.78 is 0. The molecule has 4 heteroatoms. The largest absolute Gasteiger partial charge is 0.337 e. The highest BCUT2D eigenvalue weighted by Gasteiger charge is 2.23. The molecule has 1 N–H and O–H groups in total. The van der Waals surface area contributed by atoms with E-state index in [4.69, 9.17) is 0 Å². The highest BCUT2D eigenvalue weighted by Crippen LogP contribution is 2.26. The predicted octanol–water partition coefficient (Wildman–Crippen LogP) is 5.73. The molecule has 0 aliphatic heterocycles. The summed E-state index contributed by atoms with van der Waals surface area (Å²) >= 11 is 0. The molecule has 164 valence electrons. The van der Waals surface area contributed by atoms with Gasteiger partial charge in [0.2, 0.25) is 5.91 Å². The normalized spacial score (nSPS) is 10.6. The van der Waals surface area contributed by atoms with Crippen LogP contribution in [0.25, 0.3) is 0 Å². The van der Waals surface area contributed by atoms with E-state index in [2.05, 4.69) is 5.32 Å². The first-order chi connectivity index (χ1) is 16.1. The van der Waals surface area contributed by atoms with Gasteiger partial charge in [-0.25, -0.2) is 0 Å². The second-order valence-electron chi connectivity index (χ2n) is 7.97. The summed E-state index contributed by atoms with van der Waals surface area (Å²) in [6.07, 6.45) is 0. The first-order valence-corrected chi connectivity index (χ1v) is 10.9. The van der Waals surface area contributed by atoms with Gasteiger partial charge in [-0.1, -0.05) is 97.1 Å². The molecule has 0 aliphatic rings. The zero-order valence-electron chi connectivity index (χ0n) is 18.5. The molecule has 0 saturated heterocycles. The summed E-state index contributed by atoms with van der Waals surface area (Å²) in [7, 11) is 1.78. The average molecular weight is 435 g/mol. The van der Waals surface area contributed by atoms with E-state index in [1.54, 1.807) is 36.2 Å². The van der Waals surface area contributed by atoms with Gasteiger partial charge in [0.25, 0.3) is 5.91 Å². The molecule has 33 heavy (non-hydrogen) atoms. The fraction of sp³-hybridized carbons (Fsp3) is 0.103. The number of nitrogens with one attached hydrogen (secondary N) is 1. The molecule has 0 saturated carbocycles. The highest BCUT2D eigenvalue weighted by atomic mass is 16.2. The lowest BCUT2D eigenvalue weighted by Crippen LogP contribution is -2.26. The van der Waals surface area contributed by atoms with Gasteiger partial charge in [-0.3, -0.25) is 9.59 Å². The van der Waals surface area contributed by atoms with Crippen molar-refractivity contribution in [2.45, 2.75) is 12.5 Å². The molecule has 4 rings (SSSR count). The van der Waals surface area contributed by atoms with Crippen molar-refractivity contribution in [1.29, 1.82) is 0 Å². The van der Waals surface area contributed by atoms with E-state index < -0.39 is 5.92 Å². The third-order valence-corrected chi connectivity index (χ3v) is 5.51. The van der Waals surface area contributed by atoms with Gasteiger partial charge in [0.15, 0.2) is 0 Å². The Bertz CT molecular complexity index is 1170. The molecule has 0 unspecified atom stereocenters. The molecular formula is C29H26N2O2. The number of amides is 2. The first-order valence-electron chi connectivity index (χ1n) is 10.9. The van der Waals surface area contributed by atoms with Crippen molar-refractivity contribution in [1.82, 2.24) is 4.90 Å². The Morgan fingerprint density at radius 1 is 0.727 bits per heavy atom. The molecule has 0 atom stereocenters. The van der Waals surface area contributed by atoms with Gasteiger partial charge in [-0.05, 0) is 34.9 Å². The van der Waals surface area contributed by atoms with Crippen molar-refractivity contribution in [2.75, 3.05) is 12.4 Å². The minimum atomic E-state index is -0.451. The van der Waals surface area contributed by atoms with Gasteiger partial charge in [0.05, 0.1) is 5.92 Å². The van der Waals surface area contributed by atoms with E-state index in [0.29, 0.717) is 17.8 Å². The SMILES string of the molecule is CN(Cc1ccccc1)C(=O)c1cccc(NC(=O)C(c2ccccc2)c2ccccc2)c1.